The van der Waals surface area contributed by atoms with E-state index >= 15 is 0 Å². The maximum Gasteiger partial charge on any atom is 0.250 e. The van der Waals surface area contributed by atoms with E-state index < -0.39 is 0 Å². The van der Waals surface area contributed by atoms with Crippen LogP contribution in [0, 0.1) is 0 Å². The molecule has 0 spiro atoms. The zero-order valence-electron chi connectivity index (χ0n) is 12.5. The van der Waals surface area contributed by atoms with Crippen LogP contribution in [0.3, 0.4) is 0 Å². The number of hydrogen-bond acceptors (Lipinski definition) is 2. The van der Waals surface area contributed by atoms with Gasteiger partial charge in [-0.15, -0.1) is 0 Å². The molecule has 3 nitrogen and oxygen atoms in total. The Bertz CT molecular complexity index is 398. The van der Waals surface area contributed by atoms with Crippen LogP contribution in [0.5, 0.6) is 0 Å². The molecule has 0 saturated carbocycles. The second-order valence-corrected chi connectivity index (χ2v) is 5.14. The van der Waals surface area contributed by atoms with Gasteiger partial charge in [0.05, 0.1) is 5.69 Å². The van der Waals surface area contributed by atoms with E-state index in [1.807, 2.05) is 12.3 Å². The minimum atomic E-state index is 0.0898. The highest BCUT2D eigenvalue weighted by molar-refractivity contribution is 5.40. The molecule has 0 saturated heterocycles. The van der Waals surface area contributed by atoms with Crippen LogP contribution in [0.1, 0.15) is 58.8 Å². The molecule has 1 aromatic heterocycles. The maximum atomic E-state index is 11.6. The van der Waals surface area contributed by atoms with Gasteiger partial charge in [0.1, 0.15) is 0 Å². The van der Waals surface area contributed by atoms with Crippen LogP contribution < -0.4 is 10.9 Å². The molecule has 0 amide bonds. The van der Waals surface area contributed by atoms with Gasteiger partial charge in [-0.2, -0.15) is 0 Å². The van der Waals surface area contributed by atoms with E-state index in [1.165, 1.54) is 38.5 Å². The number of nitrogens with one attached hydrogen (secondary N) is 1. The number of aromatic nitrogens is 1. The number of nitrogens with zero attached hydrogens (tertiary/aromatic N) is 1. The van der Waals surface area contributed by atoms with Gasteiger partial charge in [0.15, 0.2) is 0 Å². The topological polar surface area (TPSA) is 34.0 Å². The van der Waals surface area contributed by atoms with Crippen molar-refractivity contribution in [2.24, 2.45) is 0 Å². The van der Waals surface area contributed by atoms with Crippen LogP contribution in [0.15, 0.2) is 23.1 Å². The Morgan fingerprint density at radius 3 is 2.47 bits per heavy atom. The minimum absolute atomic E-state index is 0.0898. The first kappa shape index (κ1) is 15.8. The molecule has 0 aliphatic rings. The van der Waals surface area contributed by atoms with Gasteiger partial charge in [-0.25, -0.2) is 0 Å². The van der Waals surface area contributed by atoms with E-state index in [2.05, 4.69) is 19.2 Å². The molecule has 108 valence electrons. The number of unbranched alkanes of at least 4 members (excludes halogenated alkanes) is 5. The molecular weight excluding hydrogens is 236 g/mol. The summed E-state index contributed by atoms with van der Waals surface area (Å²) in [6.07, 6.45) is 10.8. The lowest BCUT2D eigenvalue weighted by molar-refractivity contribution is 0.616. The fraction of sp³-hybridized carbons (Fsp3) is 0.688. The second kappa shape index (κ2) is 9.65. The third-order valence-corrected chi connectivity index (χ3v) is 3.31. The molecule has 1 heterocycles. The van der Waals surface area contributed by atoms with Crippen LogP contribution in [0.25, 0.3) is 0 Å². The van der Waals surface area contributed by atoms with Crippen molar-refractivity contribution < 1.29 is 0 Å². The van der Waals surface area contributed by atoms with Crippen molar-refractivity contribution in [2.45, 2.75) is 65.3 Å². The summed E-state index contributed by atoms with van der Waals surface area (Å²) in [5.41, 5.74) is 1.15. The largest absolute Gasteiger partial charge is 0.384 e. The van der Waals surface area contributed by atoms with Crippen molar-refractivity contribution in [3.05, 3.63) is 28.7 Å². The average molecular weight is 264 g/mol. The standard InChI is InChI=1S/C16H28N2O/c1-3-5-6-7-8-9-12-17-15-10-11-16(19)18(14-15)13-4-2/h10-11,14,17H,3-9,12-13H2,1-2H3. The average Bonchev–Trinajstić information content (AvgIpc) is 2.41. The van der Waals surface area contributed by atoms with Crippen LogP contribution in [0.2, 0.25) is 0 Å². The highest BCUT2D eigenvalue weighted by Gasteiger charge is 1.97. The molecule has 19 heavy (non-hydrogen) atoms. The molecule has 0 aliphatic heterocycles. The van der Waals surface area contributed by atoms with Crippen LogP contribution in [0.4, 0.5) is 5.69 Å². The Kier molecular flexibility index (Phi) is 8.03. The summed E-state index contributed by atoms with van der Waals surface area (Å²) in [5, 5.41) is 3.40. The summed E-state index contributed by atoms with van der Waals surface area (Å²) in [4.78, 5) is 11.6. The second-order valence-electron chi connectivity index (χ2n) is 5.14. The highest BCUT2D eigenvalue weighted by atomic mass is 16.1. The molecule has 0 aliphatic carbocycles. The number of rotatable bonds is 10. The Balaban J connectivity index is 2.25. The SMILES string of the molecule is CCCCCCCCNc1ccc(=O)n(CCC)c1. The summed E-state index contributed by atoms with van der Waals surface area (Å²) in [6.45, 7) is 6.12. The number of hydrogen-bond donors (Lipinski definition) is 1. The third kappa shape index (κ3) is 6.46. The molecule has 3 heteroatoms. The zero-order chi connectivity index (χ0) is 13.9. The number of aryl methyl sites for hydroxylation is 1. The third-order valence-electron chi connectivity index (χ3n) is 3.31. The molecule has 0 unspecified atom stereocenters. The Morgan fingerprint density at radius 2 is 1.74 bits per heavy atom. The van der Waals surface area contributed by atoms with Gasteiger partial charge < -0.3 is 9.88 Å². The van der Waals surface area contributed by atoms with E-state index in [4.69, 9.17) is 0 Å². The summed E-state index contributed by atoms with van der Waals surface area (Å²) < 4.78 is 1.78. The summed E-state index contributed by atoms with van der Waals surface area (Å²) in [6, 6.07) is 3.53. The summed E-state index contributed by atoms with van der Waals surface area (Å²) in [7, 11) is 0. The normalized spacial score (nSPS) is 10.6. The lowest BCUT2D eigenvalue weighted by atomic mass is 10.1. The molecule has 0 bridgehead atoms. The summed E-state index contributed by atoms with van der Waals surface area (Å²) >= 11 is 0. The van der Waals surface area contributed by atoms with E-state index in [0.29, 0.717) is 0 Å². The fourth-order valence-electron chi connectivity index (χ4n) is 2.19. The van der Waals surface area contributed by atoms with Crippen LogP contribution in [-0.2, 0) is 6.54 Å². The van der Waals surface area contributed by atoms with Gasteiger partial charge in [0.2, 0.25) is 0 Å². The van der Waals surface area contributed by atoms with Gasteiger partial charge in [0.25, 0.3) is 5.56 Å². The first-order valence-corrected chi connectivity index (χ1v) is 7.72. The monoisotopic (exact) mass is 264 g/mol. The predicted molar refractivity (Wildman–Crippen MR) is 82.9 cm³/mol. The fourth-order valence-corrected chi connectivity index (χ4v) is 2.19. The smallest absolute Gasteiger partial charge is 0.250 e. The first-order chi connectivity index (χ1) is 9.27. The van der Waals surface area contributed by atoms with Crippen molar-refractivity contribution in [1.82, 2.24) is 4.57 Å². The quantitative estimate of drug-likeness (QED) is 0.647. The van der Waals surface area contributed by atoms with Crippen LogP contribution in [-0.4, -0.2) is 11.1 Å². The van der Waals surface area contributed by atoms with Gasteiger partial charge in [-0.1, -0.05) is 46.0 Å². The van der Waals surface area contributed by atoms with Crippen LogP contribution >= 0.6 is 0 Å². The highest BCUT2D eigenvalue weighted by Crippen LogP contribution is 2.07. The molecular formula is C16H28N2O. The minimum Gasteiger partial charge on any atom is -0.384 e. The van der Waals surface area contributed by atoms with Crippen molar-refractivity contribution in [3.8, 4) is 0 Å². The molecule has 0 fully saturated rings. The molecule has 1 rings (SSSR count). The van der Waals surface area contributed by atoms with E-state index in [1.54, 1.807) is 10.6 Å². The van der Waals surface area contributed by atoms with Crippen molar-refractivity contribution in [3.63, 3.8) is 0 Å². The summed E-state index contributed by atoms with van der Waals surface area (Å²) in [5.74, 6) is 0. The van der Waals surface area contributed by atoms with Gasteiger partial charge in [-0.05, 0) is 18.9 Å². The Morgan fingerprint density at radius 1 is 1.00 bits per heavy atom. The lowest BCUT2D eigenvalue weighted by Gasteiger charge is -2.09. The zero-order valence-corrected chi connectivity index (χ0v) is 12.5. The van der Waals surface area contributed by atoms with Gasteiger partial charge in [0, 0.05) is 25.4 Å². The van der Waals surface area contributed by atoms with Crippen molar-refractivity contribution >= 4 is 5.69 Å². The number of anilines is 1. The molecule has 0 radical (unpaired) electrons. The number of pyridine rings is 1. The van der Waals surface area contributed by atoms with E-state index in [-0.39, 0.29) is 5.56 Å². The van der Waals surface area contributed by atoms with Gasteiger partial charge >= 0.3 is 0 Å². The molecule has 1 aromatic rings. The van der Waals surface area contributed by atoms with Crippen molar-refractivity contribution in [2.75, 3.05) is 11.9 Å². The van der Waals surface area contributed by atoms with Gasteiger partial charge in [-0.3, -0.25) is 4.79 Å². The van der Waals surface area contributed by atoms with Crippen molar-refractivity contribution in [1.29, 1.82) is 0 Å². The Labute approximate surface area is 117 Å². The van der Waals surface area contributed by atoms with E-state index in [0.717, 1.165) is 25.2 Å². The predicted octanol–water partition coefficient (Wildman–Crippen LogP) is 4.03. The lowest BCUT2D eigenvalue weighted by Crippen LogP contribution is -2.19. The molecule has 1 N–H and O–H groups in total. The Hall–Kier alpha value is -1.25. The molecule has 0 atom stereocenters. The maximum absolute atomic E-state index is 11.6. The molecule has 0 aromatic carbocycles. The van der Waals surface area contributed by atoms with E-state index in [9.17, 15) is 4.79 Å². The first-order valence-electron chi connectivity index (χ1n) is 7.72.